The largest absolute Gasteiger partial charge is 0.493 e. The van der Waals surface area contributed by atoms with Crippen LogP contribution in [0.1, 0.15) is 16.7 Å². The summed E-state index contributed by atoms with van der Waals surface area (Å²) < 4.78 is 5.55. The molecule has 2 aromatic carbocycles. The standard InChI is InChI=1S/C17H20N2O/c1-12-4-3-5-15(18)17(12)19(2)11-13-6-7-16-14(10-13)8-9-20-16/h3-7,10H,8-9,11,18H2,1-2H3. The van der Waals surface area contributed by atoms with Crippen LogP contribution in [-0.2, 0) is 13.0 Å². The highest BCUT2D eigenvalue weighted by molar-refractivity contribution is 5.71. The zero-order chi connectivity index (χ0) is 14.1. The molecule has 3 nitrogen and oxygen atoms in total. The Morgan fingerprint density at radius 2 is 2.10 bits per heavy atom. The second kappa shape index (κ2) is 5.08. The third-order valence-electron chi connectivity index (χ3n) is 3.82. The van der Waals surface area contributed by atoms with Crippen molar-refractivity contribution in [2.75, 3.05) is 24.3 Å². The summed E-state index contributed by atoms with van der Waals surface area (Å²) in [5, 5.41) is 0. The Balaban J connectivity index is 1.84. The van der Waals surface area contributed by atoms with Crippen LogP contribution < -0.4 is 15.4 Å². The van der Waals surface area contributed by atoms with Crippen LogP contribution in [0.3, 0.4) is 0 Å². The molecule has 0 aliphatic carbocycles. The van der Waals surface area contributed by atoms with E-state index in [4.69, 9.17) is 10.5 Å². The fraction of sp³-hybridized carbons (Fsp3) is 0.294. The fourth-order valence-electron chi connectivity index (χ4n) is 2.89. The van der Waals surface area contributed by atoms with Crippen LogP contribution in [0.25, 0.3) is 0 Å². The van der Waals surface area contributed by atoms with E-state index in [-0.39, 0.29) is 0 Å². The Morgan fingerprint density at radius 1 is 1.25 bits per heavy atom. The van der Waals surface area contributed by atoms with Gasteiger partial charge in [-0.15, -0.1) is 0 Å². The number of benzene rings is 2. The molecule has 104 valence electrons. The number of hydrogen-bond acceptors (Lipinski definition) is 3. The molecule has 0 unspecified atom stereocenters. The first-order chi connectivity index (χ1) is 9.65. The van der Waals surface area contributed by atoms with Crippen molar-refractivity contribution in [1.82, 2.24) is 0 Å². The second-order valence-electron chi connectivity index (χ2n) is 5.41. The number of para-hydroxylation sites is 1. The molecule has 0 saturated carbocycles. The number of nitrogens with zero attached hydrogens (tertiary/aromatic N) is 1. The molecule has 0 radical (unpaired) electrons. The summed E-state index contributed by atoms with van der Waals surface area (Å²) in [6.07, 6.45) is 1.01. The summed E-state index contributed by atoms with van der Waals surface area (Å²) in [4.78, 5) is 2.21. The van der Waals surface area contributed by atoms with Crippen molar-refractivity contribution >= 4 is 11.4 Å². The molecule has 0 fully saturated rings. The van der Waals surface area contributed by atoms with Gasteiger partial charge < -0.3 is 15.4 Å². The van der Waals surface area contributed by atoms with Crippen molar-refractivity contribution in [1.29, 1.82) is 0 Å². The van der Waals surface area contributed by atoms with Gasteiger partial charge in [-0.2, -0.15) is 0 Å². The molecule has 0 saturated heterocycles. The molecule has 0 amide bonds. The van der Waals surface area contributed by atoms with Crippen LogP contribution in [-0.4, -0.2) is 13.7 Å². The highest BCUT2D eigenvalue weighted by atomic mass is 16.5. The maximum Gasteiger partial charge on any atom is 0.122 e. The number of nitrogens with two attached hydrogens (primary N) is 1. The molecule has 0 spiro atoms. The van der Waals surface area contributed by atoms with E-state index in [9.17, 15) is 0 Å². The van der Waals surface area contributed by atoms with E-state index in [0.717, 1.165) is 36.7 Å². The van der Waals surface area contributed by atoms with E-state index < -0.39 is 0 Å². The number of ether oxygens (including phenoxy) is 1. The van der Waals surface area contributed by atoms with Gasteiger partial charge >= 0.3 is 0 Å². The smallest absolute Gasteiger partial charge is 0.122 e. The predicted molar refractivity (Wildman–Crippen MR) is 83.3 cm³/mol. The maximum atomic E-state index is 6.10. The Kier molecular flexibility index (Phi) is 3.26. The molecule has 3 heteroatoms. The summed E-state index contributed by atoms with van der Waals surface area (Å²) >= 11 is 0. The van der Waals surface area contributed by atoms with Gasteiger partial charge in [0.25, 0.3) is 0 Å². The molecule has 0 aromatic heterocycles. The van der Waals surface area contributed by atoms with Gasteiger partial charge in [-0.05, 0) is 35.7 Å². The van der Waals surface area contributed by atoms with E-state index >= 15 is 0 Å². The minimum absolute atomic E-state index is 0.805. The minimum Gasteiger partial charge on any atom is -0.493 e. The molecule has 3 rings (SSSR count). The van der Waals surface area contributed by atoms with Gasteiger partial charge in [0.1, 0.15) is 5.75 Å². The first kappa shape index (κ1) is 12.9. The van der Waals surface area contributed by atoms with Crippen LogP contribution >= 0.6 is 0 Å². The SMILES string of the molecule is Cc1cccc(N)c1N(C)Cc1ccc2c(c1)CCO2. The number of aryl methyl sites for hydroxylation is 1. The van der Waals surface area contributed by atoms with Crippen LogP contribution in [0.4, 0.5) is 11.4 Å². The normalized spacial score (nSPS) is 12.9. The quantitative estimate of drug-likeness (QED) is 0.869. The van der Waals surface area contributed by atoms with Gasteiger partial charge in [-0.3, -0.25) is 0 Å². The predicted octanol–water partition coefficient (Wildman–Crippen LogP) is 3.15. The van der Waals surface area contributed by atoms with E-state index in [1.165, 1.54) is 16.7 Å². The third kappa shape index (κ3) is 2.31. The first-order valence-electron chi connectivity index (χ1n) is 6.96. The van der Waals surface area contributed by atoms with Gasteiger partial charge in [0, 0.05) is 20.0 Å². The van der Waals surface area contributed by atoms with Crippen molar-refractivity contribution in [2.24, 2.45) is 0 Å². The monoisotopic (exact) mass is 268 g/mol. The van der Waals surface area contributed by atoms with Crippen LogP contribution in [0, 0.1) is 6.92 Å². The number of rotatable bonds is 3. The summed E-state index contributed by atoms with van der Waals surface area (Å²) in [6, 6.07) is 12.5. The van der Waals surface area contributed by atoms with Crippen molar-refractivity contribution in [2.45, 2.75) is 19.9 Å². The van der Waals surface area contributed by atoms with E-state index in [1.807, 2.05) is 12.1 Å². The van der Waals surface area contributed by atoms with E-state index in [1.54, 1.807) is 0 Å². The molecular formula is C17H20N2O. The Labute approximate surface area is 120 Å². The van der Waals surface area contributed by atoms with Gasteiger partial charge in [-0.1, -0.05) is 24.3 Å². The number of fused-ring (bicyclic) bond motifs is 1. The van der Waals surface area contributed by atoms with Crippen LogP contribution in [0.15, 0.2) is 36.4 Å². The Bertz CT molecular complexity index is 617. The lowest BCUT2D eigenvalue weighted by Crippen LogP contribution is -2.19. The maximum absolute atomic E-state index is 6.10. The Morgan fingerprint density at radius 3 is 2.90 bits per heavy atom. The molecule has 1 heterocycles. The Hall–Kier alpha value is -2.16. The molecule has 0 bridgehead atoms. The fourth-order valence-corrected chi connectivity index (χ4v) is 2.89. The first-order valence-corrected chi connectivity index (χ1v) is 6.96. The molecule has 2 N–H and O–H groups in total. The molecule has 2 aromatic rings. The van der Waals surface area contributed by atoms with Crippen LogP contribution in [0.5, 0.6) is 5.75 Å². The number of hydrogen-bond donors (Lipinski definition) is 1. The van der Waals surface area contributed by atoms with Gasteiger partial charge in [0.15, 0.2) is 0 Å². The van der Waals surface area contributed by atoms with Gasteiger partial charge in [0.2, 0.25) is 0 Å². The lowest BCUT2D eigenvalue weighted by molar-refractivity contribution is 0.357. The summed E-state index contributed by atoms with van der Waals surface area (Å²) in [5.41, 5.74) is 11.9. The van der Waals surface area contributed by atoms with Crippen molar-refractivity contribution < 1.29 is 4.74 Å². The van der Waals surface area contributed by atoms with Crippen LogP contribution in [0.2, 0.25) is 0 Å². The molecule has 1 aliphatic heterocycles. The summed E-state index contributed by atoms with van der Waals surface area (Å²) in [5.74, 6) is 1.03. The average Bonchev–Trinajstić information content (AvgIpc) is 2.85. The third-order valence-corrected chi connectivity index (χ3v) is 3.82. The average molecular weight is 268 g/mol. The highest BCUT2D eigenvalue weighted by Gasteiger charge is 2.14. The molecule has 0 atom stereocenters. The van der Waals surface area contributed by atoms with Crippen molar-refractivity contribution in [3.63, 3.8) is 0 Å². The summed E-state index contributed by atoms with van der Waals surface area (Å²) in [7, 11) is 2.09. The molecule has 20 heavy (non-hydrogen) atoms. The topological polar surface area (TPSA) is 38.5 Å². The number of nitrogen functional groups attached to an aromatic ring is 1. The minimum atomic E-state index is 0.805. The number of anilines is 2. The zero-order valence-electron chi connectivity index (χ0n) is 12.0. The molecular weight excluding hydrogens is 248 g/mol. The van der Waals surface area contributed by atoms with Gasteiger partial charge in [0.05, 0.1) is 18.0 Å². The highest BCUT2D eigenvalue weighted by Crippen LogP contribution is 2.30. The van der Waals surface area contributed by atoms with E-state index in [0.29, 0.717) is 0 Å². The summed E-state index contributed by atoms with van der Waals surface area (Å²) in [6.45, 7) is 3.75. The lowest BCUT2D eigenvalue weighted by atomic mass is 10.1. The zero-order valence-corrected chi connectivity index (χ0v) is 12.0. The van der Waals surface area contributed by atoms with Gasteiger partial charge in [-0.25, -0.2) is 0 Å². The second-order valence-corrected chi connectivity index (χ2v) is 5.41. The molecule has 1 aliphatic rings. The van der Waals surface area contributed by atoms with Crippen molar-refractivity contribution in [3.05, 3.63) is 53.1 Å². The lowest BCUT2D eigenvalue weighted by Gasteiger charge is -2.23. The van der Waals surface area contributed by atoms with Crippen molar-refractivity contribution in [3.8, 4) is 5.75 Å². The van der Waals surface area contributed by atoms with E-state index in [2.05, 4.69) is 43.1 Å².